The summed E-state index contributed by atoms with van der Waals surface area (Å²) in [5, 5.41) is 12.5. The maximum Gasteiger partial charge on any atom is 0.266 e. The van der Waals surface area contributed by atoms with Gasteiger partial charge in [0.25, 0.3) is 5.91 Å². The number of rotatable bonds is 3. The highest BCUT2D eigenvalue weighted by molar-refractivity contribution is 7.84. The zero-order valence-electron chi connectivity index (χ0n) is 12.9. The number of methoxy groups -OCH3 is 1. The van der Waals surface area contributed by atoms with Gasteiger partial charge in [-0.05, 0) is 17.7 Å². The van der Waals surface area contributed by atoms with Crippen molar-refractivity contribution >= 4 is 24.2 Å². The number of carbonyl (C=O) groups excluding carboxylic acids is 1. The first-order valence-corrected chi connectivity index (χ1v) is 7.73. The van der Waals surface area contributed by atoms with Crippen molar-refractivity contribution in [3.8, 4) is 11.8 Å². The van der Waals surface area contributed by atoms with E-state index in [1.807, 2.05) is 60.7 Å². The second-order valence-corrected chi connectivity index (χ2v) is 5.56. The minimum absolute atomic E-state index is 0.0311. The van der Waals surface area contributed by atoms with Crippen molar-refractivity contribution in [2.75, 3.05) is 12.0 Å². The number of carbonyl (C=O) groups is 1. The Morgan fingerprint density at radius 1 is 1.17 bits per heavy atom. The quantitative estimate of drug-likeness (QED) is 0.845. The fourth-order valence-corrected chi connectivity index (χ4v) is 3.03. The molecule has 1 aliphatic heterocycles. The van der Waals surface area contributed by atoms with E-state index in [2.05, 4.69) is 17.9 Å². The number of amides is 1. The number of anilines is 1. The lowest BCUT2D eigenvalue weighted by molar-refractivity contribution is -0.118. The van der Waals surface area contributed by atoms with E-state index in [-0.39, 0.29) is 5.57 Å². The van der Waals surface area contributed by atoms with Crippen molar-refractivity contribution in [3.63, 3.8) is 0 Å². The molecule has 1 aliphatic rings. The lowest BCUT2D eigenvalue weighted by Gasteiger charge is -2.38. The van der Waals surface area contributed by atoms with Crippen LogP contribution in [-0.4, -0.2) is 13.0 Å². The van der Waals surface area contributed by atoms with Gasteiger partial charge >= 0.3 is 0 Å². The molecule has 1 atom stereocenters. The van der Waals surface area contributed by atoms with Crippen LogP contribution in [0.15, 0.2) is 65.2 Å². The van der Waals surface area contributed by atoms with Crippen molar-refractivity contribution in [2.45, 2.75) is 6.17 Å². The first kappa shape index (κ1) is 16.0. The van der Waals surface area contributed by atoms with Gasteiger partial charge in [0.1, 0.15) is 23.6 Å². The van der Waals surface area contributed by atoms with Crippen molar-refractivity contribution in [1.29, 1.82) is 5.26 Å². The highest BCUT2D eigenvalue weighted by atomic mass is 32.1. The Labute approximate surface area is 145 Å². The fourth-order valence-electron chi connectivity index (χ4n) is 2.66. The van der Waals surface area contributed by atoms with E-state index in [1.165, 1.54) is 0 Å². The lowest BCUT2D eigenvalue weighted by atomic mass is 10.1. The molecule has 0 aliphatic carbocycles. The fraction of sp³-hybridized carbons (Fsp3) is 0.111. The Bertz CT molecular complexity index is 843. The van der Waals surface area contributed by atoms with Gasteiger partial charge in [-0.25, -0.2) is 0 Å². The zero-order valence-corrected chi connectivity index (χ0v) is 13.8. The molecule has 0 radical (unpaired) electrons. The van der Waals surface area contributed by atoms with Crippen LogP contribution < -0.4 is 15.0 Å². The molecule has 1 N–H and O–H groups in total. The van der Waals surface area contributed by atoms with Crippen LogP contribution in [0.1, 0.15) is 11.7 Å². The maximum absolute atomic E-state index is 12.3. The Balaban J connectivity index is 2.21. The molecule has 1 amide bonds. The summed E-state index contributed by atoms with van der Waals surface area (Å²) in [5.74, 6) is 0.181. The molecule has 24 heavy (non-hydrogen) atoms. The summed E-state index contributed by atoms with van der Waals surface area (Å²) < 4.78 is 5.43. The van der Waals surface area contributed by atoms with E-state index < -0.39 is 12.1 Å². The summed E-state index contributed by atoms with van der Waals surface area (Å²) in [6.45, 7) is 0. The van der Waals surface area contributed by atoms with Crippen molar-refractivity contribution in [2.24, 2.45) is 0 Å². The first-order valence-electron chi connectivity index (χ1n) is 7.28. The number of nitrogens with zero attached hydrogens (tertiary/aromatic N) is 2. The molecule has 0 aromatic heterocycles. The van der Waals surface area contributed by atoms with Crippen LogP contribution in [0.25, 0.3) is 0 Å². The number of para-hydroxylation sites is 2. The van der Waals surface area contributed by atoms with E-state index in [0.29, 0.717) is 16.5 Å². The Hall–Kier alpha value is -2.91. The van der Waals surface area contributed by atoms with Gasteiger partial charge in [-0.15, -0.1) is 12.6 Å². The van der Waals surface area contributed by atoms with E-state index in [1.54, 1.807) is 12.0 Å². The Kier molecular flexibility index (Phi) is 4.45. The van der Waals surface area contributed by atoms with Gasteiger partial charge in [0.2, 0.25) is 0 Å². The number of ether oxygens (including phenoxy) is 1. The Morgan fingerprint density at radius 3 is 2.50 bits per heavy atom. The van der Waals surface area contributed by atoms with Gasteiger partial charge < -0.3 is 15.0 Å². The van der Waals surface area contributed by atoms with Crippen molar-refractivity contribution in [1.82, 2.24) is 5.32 Å². The van der Waals surface area contributed by atoms with Crippen molar-refractivity contribution in [3.05, 3.63) is 70.8 Å². The monoisotopic (exact) mass is 337 g/mol. The summed E-state index contributed by atoms with van der Waals surface area (Å²) in [6, 6.07) is 18.8. The summed E-state index contributed by atoms with van der Waals surface area (Å²) in [7, 11) is 1.58. The van der Waals surface area contributed by atoms with Gasteiger partial charge in [-0.3, -0.25) is 4.79 Å². The third-order valence-electron chi connectivity index (χ3n) is 3.78. The zero-order chi connectivity index (χ0) is 17.1. The van der Waals surface area contributed by atoms with Crippen LogP contribution in [-0.2, 0) is 4.79 Å². The largest absolute Gasteiger partial charge is 0.495 e. The third-order valence-corrected chi connectivity index (χ3v) is 4.22. The third kappa shape index (κ3) is 2.70. The molecule has 0 fully saturated rings. The number of benzene rings is 2. The molecular formula is C18H15N3O2S. The molecule has 0 spiro atoms. The van der Waals surface area contributed by atoms with Gasteiger partial charge in [-0.2, -0.15) is 5.26 Å². The van der Waals surface area contributed by atoms with Crippen LogP contribution in [0, 0.1) is 11.3 Å². The van der Waals surface area contributed by atoms with Crippen LogP contribution in [0.5, 0.6) is 5.75 Å². The highest BCUT2D eigenvalue weighted by Crippen LogP contribution is 2.40. The summed E-state index contributed by atoms with van der Waals surface area (Å²) in [4.78, 5) is 14.0. The topological polar surface area (TPSA) is 65.4 Å². The van der Waals surface area contributed by atoms with E-state index in [0.717, 1.165) is 5.56 Å². The second-order valence-electron chi connectivity index (χ2n) is 5.14. The van der Waals surface area contributed by atoms with E-state index in [4.69, 9.17) is 4.74 Å². The normalized spacial score (nSPS) is 17.3. The molecule has 2 aromatic rings. The summed E-state index contributed by atoms with van der Waals surface area (Å²) in [6.07, 6.45) is -0.486. The van der Waals surface area contributed by atoms with Gasteiger partial charge in [-0.1, -0.05) is 42.5 Å². The SMILES string of the molecule is COc1ccccc1N1C(S)=C(C#N)C(=O)NC1c1ccccc1. The molecule has 120 valence electrons. The Morgan fingerprint density at radius 2 is 1.83 bits per heavy atom. The smallest absolute Gasteiger partial charge is 0.266 e. The average molecular weight is 337 g/mol. The number of hydrogen-bond acceptors (Lipinski definition) is 5. The van der Waals surface area contributed by atoms with E-state index >= 15 is 0 Å². The maximum atomic E-state index is 12.3. The molecule has 0 saturated carbocycles. The number of nitrogens with one attached hydrogen (secondary N) is 1. The number of thiol groups is 1. The summed E-state index contributed by atoms with van der Waals surface area (Å²) in [5.41, 5.74) is 1.56. The predicted molar refractivity (Wildman–Crippen MR) is 94.4 cm³/mol. The van der Waals surface area contributed by atoms with Gasteiger partial charge in [0.15, 0.2) is 0 Å². The van der Waals surface area contributed by atoms with Crippen LogP contribution >= 0.6 is 12.6 Å². The van der Waals surface area contributed by atoms with E-state index in [9.17, 15) is 10.1 Å². The minimum Gasteiger partial charge on any atom is -0.495 e. The van der Waals surface area contributed by atoms with Crippen LogP contribution in [0.4, 0.5) is 5.69 Å². The standard InChI is InChI=1S/C18H15N3O2S/c1-23-15-10-6-5-9-14(15)21-16(12-7-3-2-4-8-12)20-17(22)13(11-19)18(21)24/h2-10,16,24H,1H3,(H,20,22). The predicted octanol–water partition coefficient (Wildman–Crippen LogP) is 3.00. The molecule has 0 bridgehead atoms. The molecule has 3 rings (SSSR count). The molecule has 6 heteroatoms. The second kappa shape index (κ2) is 6.69. The van der Waals surface area contributed by atoms with Gasteiger partial charge in [0.05, 0.1) is 17.8 Å². The minimum atomic E-state index is -0.486. The summed E-state index contributed by atoms with van der Waals surface area (Å²) >= 11 is 4.46. The molecule has 1 heterocycles. The van der Waals surface area contributed by atoms with Gasteiger partial charge in [0, 0.05) is 0 Å². The van der Waals surface area contributed by atoms with Crippen LogP contribution in [0.3, 0.4) is 0 Å². The van der Waals surface area contributed by atoms with Crippen LogP contribution in [0.2, 0.25) is 0 Å². The number of nitriles is 1. The number of hydrogen-bond donors (Lipinski definition) is 2. The molecule has 0 saturated heterocycles. The molecule has 2 aromatic carbocycles. The van der Waals surface area contributed by atoms with Crippen molar-refractivity contribution < 1.29 is 9.53 Å². The molecular weight excluding hydrogens is 322 g/mol. The molecule has 1 unspecified atom stereocenters. The highest BCUT2D eigenvalue weighted by Gasteiger charge is 2.35. The average Bonchev–Trinajstić information content (AvgIpc) is 2.62. The first-order chi connectivity index (χ1) is 11.7. The lowest BCUT2D eigenvalue weighted by Crippen LogP contribution is -2.46. The molecule has 5 nitrogen and oxygen atoms in total.